The second-order valence-corrected chi connectivity index (χ2v) is 3.88. The number of thiazole rings is 1. The van der Waals surface area contributed by atoms with Crippen molar-refractivity contribution in [2.45, 2.75) is 0 Å². The number of nitriles is 1. The average molecular weight is 247 g/mol. The summed E-state index contributed by atoms with van der Waals surface area (Å²) in [5, 5.41) is 8.13. The van der Waals surface area contributed by atoms with Crippen LogP contribution in [0.2, 0.25) is 0 Å². The molecule has 1 aromatic heterocycles. The lowest BCUT2D eigenvalue weighted by atomic mass is 10.5. The fraction of sp³-hybridized carbons (Fsp3) is 0.167. The first-order valence-corrected chi connectivity index (χ1v) is 4.56. The molecule has 0 N–H and O–H groups in total. The van der Waals surface area contributed by atoms with Gasteiger partial charge >= 0.3 is 5.97 Å². The molecule has 12 heavy (non-hydrogen) atoms. The van der Waals surface area contributed by atoms with Crippen LogP contribution in [0.1, 0.15) is 10.5 Å². The quantitative estimate of drug-likeness (QED) is 0.744. The number of carbonyl (C=O) groups excluding carboxylic acids is 1. The van der Waals surface area contributed by atoms with Crippen molar-refractivity contribution in [1.29, 1.82) is 5.26 Å². The first kappa shape index (κ1) is 9.16. The van der Waals surface area contributed by atoms with Crippen LogP contribution in [0, 0.1) is 11.3 Å². The van der Waals surface area contributed by atoms with Crippen molar-refractivity contribution in [3.8, 4) is 6.07 Å². The second kappa shape index (κ2) is 4.18. The van der Waals surface area contributed by atoms with Crippen molar-refractivity contribution < 1.29 is 9.53 Å². The Balaban J connectivity index is 2.67. The summed E-state index contributed by atoms with van der Waals surface area (Å²) in [6, 6.07) is 1.70. The smallest absolute Gasteiger partial charge is 0.360 e. The van der Waals surface area contributed by atoms with E-state index in [1.807, 2.05) is 0 Å². The van der Waals surface area contributed by atoms with Crippen LogP contribution in [-0.2, 0) is 4.74 Å². The molecular formula is C6H3BrN2O2S. The van der Waals surface area contributed by atoms with Crippen LogP contribution in [0.25, 0.3) is 0 Å². The van der Waals surface area contributed by atoms with Gasteiger partial charge in [0.2, 0.25) is 0 Å². The zero-order valence-corrected chi connectivity index (χ0v) is 8.18. The SMILES string of the molecule is N#CCOC(=O)c1ncsc1Br. The first-order valence-electron chi connectivity index (χ1n) is 2.88. The molecule has 0 saturated carbocycles. The predicted octanol–water partition coefficient (Wildman–Crippen LogP) is 1.59. The van der Waals surface area contributed by atoms with E-state index in [1.165, 1.54) is 16.8 Å². The third-order valence-electron chi connectivity index (χ3n) is 0.985. The van der Waals surface area contributed by atoms with Crippen molar-refractivity contribution >= 4 is 33.2 Å². The maximum Gasteiger partial charge on any atom is 0.360 e. The van der Waals surface area contributed by atoms with Gasteiger partial charge in [0, 0.05) is 0 Å². The molecule has 0 aromatic carbocycles. The summed E-state index contributed by atoms with van der Waals surface area (Å²) in [6.45, 7) is -0.247. The van der Waals surface area contributed by atoms with Gasteiger partial charge in [0.25, 0.3) is 0 Å². The number of esters is 1. The van der Waals surface area contributed by atoms with E-state index >= 15 is 0 Å². The Bertz CT molecular complexity index is 331. The van der Waals surface area contributed by atoms with E-state index in [-0.39, 0.29) is 12.3 Å². The third kappa shape index (κ3) is 2.03. The molecule has 0 radical (unpaired) electrons. The fourth-order valence-corrected chi connectivity index (χ4v) is 1.54. The fourth-order valence-electron chi connectivity index (χ4n) is 0.531. The van der Waals surface area contributed by atoms with Gasteiger partial charge in [-0.05, 0) is 15.9 Å². The van der Waals surface area contributed by atoms with E-state index in [9.17, 15) is 4.79 Å². The van der Waals surface area contributed by atoms with Gasteiger partial charge in [-0.2, -0.15) is 5.26 Å². The van der Waals surface area contributed by atoms with Gasteiger partial charge < -0.3 is 4.74 Å². The van der Waals surface area contributed by atoms with E-state index in [4.69, 9.17) is 5.26 Å². The lowest BCUT2D eigenvalue weighted by Crippen LogP contribution is -2.05. The summed E-state index contributed by atoms with van der Waals surface area (Å²) < 4.78 is 5.15. The largest absolute Gasteiger partial charge is 0.445 e. The maximum atomic E-state index is 11.0. The molecule has 0 aliphatic heterocycles. The van der Waals surface area contributed by atoms with E-state index in [0.717, 1.165) is 0 Å². The molecule has 0 spiro atoms. The van der Waals surface area contributed by atoms with E-state index < -0.39 is 5.97 Å². The number of hydrogen-bond acceptors (Lipinski definition) is 5. The van der Waals surface area contributed by atoms with Crippen molar-refractivity contribution in [1.82, 2.24) is 4.98 Å². The van der Waals surface area contributed by atoms with Crippen molar-refractivity contribution in [3.05, 3.63) is 15.0 Å². The normalized spacial score (nSPS) is 9.00. The molecule has 0 atom stereocenters. The lowest BCUT2D eigenvalue weighted by Gasteiger charge is -1.95. The van der Waals surface area contributed by atoms with Gasteiger partial charge in [-0.15, -0.1) is 11.3 Å². The summed E-state index contributed by atoms with van der Waals surface area (Å²) in [5.74, 6) is -0.579. The van der Waals surface area contributed by atoms with Crippen LogP contribution < -0.4 is 0 Å². The monoisotopic (exact) mass is 246 g/mol. The minimum Gasteiger partial charge on any atom is -0.445 e. The Morgan fingerprint density at radius 1 is 1.92 bits per heavy atom. The number of aromatic nitrogens is 1. The van der Waals surface area contributed by atoms with Crippen LogP contribution in [0.3, 0.4) is 0 Å². The molecule has 0 aliphatic rings. The Labute approximate surface area is 80.9 Å². The number of rotatable bonds is 2. The zero-order chi connectivity index (χ0) is 8.97. The number of halogens is 1. The Kier molecular flexibility index (Phi) is 3.19. The average Bonchev–Trinajstić information content (AvgIpc) is 2.47. The van der Waals surface area contributed by atoms with E-state index in [2.05, 4.69) is 25.7 Å². The third-order valence-corrected chi connectivity index (χ3v) is 2.53. The molecule has 0 bridgehead atoms. The summed E-state index contributed by atoms with van der Waals surface area (Å²) >= 11 is 4.42. The molecule has 0 amide bonds. The Hall–Kier alpha value is -0.930. The molecule has 6 heteroatoms. The summed E-state index contributed by atoms with van der Waals surface area (Å²) in [6.07, 6.45) is 0. The molecule has 0 saturated heterocycles. The van der Waals surface area contributed by atoms with Crippen LogP contribution >= 0.6 is 27.3 Å². The number of ether oxygens (including phenoxy) is 1. The van der Waals surface area contributed by atoms with Gasteiger partial charge in [-0.1, -0.05) is 0 Å². The molecule has 4 nitrogen and oxygen atoms in total. The summed E-state index contributed by atoms with van der Waals surface area (Å²) in [4.78, 5) is 14.8. The van der Waals surface area contributed by atoms with Crippen LogP contribution in [0.5, 0.6) is 0 Å². The van der Waals surface area contributed by atoms with Gasteiger partial charge in [0.05, 0.1) is 5.51 Å². The maximum absolute atomic E-state index is 11.0. The molecule has 1 heterocycles. The van der Waals surface area contributed by atoms with Crippen molar-refractivity contribution in [2.24, 2.45) is 0 Å². The van der Waals surface area contributed by atoms with Gasteiger partial charge in [0.15, 0.2) is 12.3 Å². The molecule has 62 valence electrons. The Morgan fingerprint density at radius 3 is 3.17 bits per heavy atom. The molecule has 1 aromatic rings. The highest BCUT2D eigenvalue weighted by molar-refractivity contribution is 9.11. The number of hydrogen-bond donors (Lipinski definition) is 0. The molecule has 0 unspecified atom stereocenters. The number of carbonyl (C=O) groups is 1. The van der Waals surface area contributed by atoms with Crippen LogP contribution in [0.4, 0.5) is 0 Å². The Morgan fingerprint density at radius 2 is 2.67 bits per heavy atom. The lowest BCUT2D eigenvalue weighted by molar-refractivity contribution is 0.0548. The van der Waals surface area contributed by atoms with Crippen molar-refractivity contribution in [2.75, 3.05) is 6.61 Å². The van der Waals surface area contributed by atoms with E-state index in [1.54, 1.807) is 6.07 Å². The summed E-state index contributed by atoms with van der Waals surface area (Å²) in [5.41, 5.74) is 1.74. The highest BCUT2D eigenvalue weighted by Gasteiger charge is 2.13. The van der Waals surface area contributed by atoms with Gasteiger partial charge in [0.1, 0.15) is 9.86 Å². The van der Waals surface area contributed by atoms with Crippen LogP contribution in [0.15, 0.2) is 9.30 Å². The molecule has 0 aliphatic carbocycles. The van der Waals surface area contributed by atoms with Crippen molar-refractivity contribution in [3.63, 3.8) is 0 Å². The second-order valence-electron chi connectivity index (χ2n) is 1.71. The molecule has 1 rings (SSSR count). The topological polar surface area (TPSA) is 63.0 Å². The zero-order valence-electron chi connectivity index (χ0n) is 5.78. The van der Waals surface area contributed by atoms with E-state index in [0.29, 0.717) is 3.79 Å². The summed E-state index contributed by atoms with van der Waals surface area (Å²) in [7, 11) is 0. The molecule has 0 fully saturated rings. The highest BCUT2D eigenvalue weighted by atomic mass is 79.9. The minimum atomic E-state index is -0.579. The molecular weight excluding hydrogens is 244 g/mol. The minimum absolute atomic E-state index is 0.218. The number of nitrogens with zero attached hydrogens (tertiary/aromatic N) is 2. The van der Waals surface area contributed by atoms with Gasteiger partial charge in [-0.3, -0.25) is 0 Å². The predicted molar refractivity (Wildman–Crippen MR) is 45.7 cm³/mol. The van der Waals surface area contributed by atoms with Crippen LogP contribution in [-0.4, -0.2) is 17.6 Å². The first-order chi connectivity index (χ1) is 5.75. The highest BCUT2D eigenvalue weighted by Crippen LogP contribution is 2.20. The standard InChI is InChI=1S/C6H3BrN2O2S/c7-5-4(9-3-12-5)6(10)11-2-1-8/h3H,2H2. The van der Waals surface area contributed by atoms with Gasteiger partial charge in [-0.25, -0.2) is 9.78 Å².